The summed E-state index contributed by atoms with van der Waals surface area (Å²) >= 11 is 0. The smallest absolute Gasteiger partial charge is 0.294 e. The highest BCUT2D eigenvalue weighted by molar-refractivity contribution is 5.54. The van der Waals surface area contributed by atoms with E-state index < -0.39 is 0 Å². The molecule has 2 saturated heterocycles. The zero-order valence-electron chi connectivity index (χ0n) is 20.4. The maximum atomic E-state index is 13.9. The minimum atomic E-state index is -0.118. The van der Waals surface area contributed by atoms with Gasteiger partial charge in [-0.1, -0.05) is 60.2 Å². The first-order chi connectivity index (χ1) is 17.2. The maximum absolute atomic E-state index is 13.9. The van der Waals surface area contributed by atoms with Crippen molar-refractivity contribution in [2.24, 2.45) is 0 Å². The second-order valence-corrected chi connectivity index (χ2v) is 9.54. The number of quaternary nitrogens is 2. The van der Waals surface area contributed by atoms with Gasteiger partial charge >= 0.3 is 0 Å². The molecule has 0 saturated carbocycles. The average molecular weight is 478 g/mol. The van der Waals surface area contributed by atoms with Gasteiger partial charge in [-0.25, -0.2) is 4.98 Å². The second-order valence-electron chi connectivity index (χ2n) is 9.54. The lowest BCUT2D eigenvalue weighted by Crippen LogP contribution is -3.14. The molecule has 2 fully saturated rings. The van der Waals surface area contributed by atoms with Crippen molar-refractivity contribution in [1.29, 1.82) is 0 Å². The van der Waals surface area contributed by atoms with Gasteiger partial charge in [0.1, 0.15) is 31.9 Å². The van der Waals surface area contributed by atoms with Crippen molar-refractivity contribution in [2.75, 3.05) is 59.2 Å². The molecule has 1 aromatic heterocycles. The molecule has 0 spiro atoms. The quantitative estimate of drug-likeness (QED) is 0.482. The molecule has 0 aliphatic carbocycles. The SMILES string of the molecule is Cc1ccc([C@H](C[NH+]2CCOCC2)c2nc(-c3ccccc3)nn(C[NH+]3CCOCC3)c2=O)cc1. The molecular weight excluding hydrogens is 442 g/mol. The first kappa shape index (κ1) is 23.8. The van der Waals surface area contributed by atoms with Crippen molar-refractivity contribution in [2.45, 2.75) is 19.5 Å². The number of benzene rings is 2. The van der Waals surface area contributed by atoms with E-state index in [9.17, 15) is 4.79 Å². The maximum Gasteiger partial charge on any atom is 0.294 e. The van der Waals surface area contributed by atoms with Crippen LogP contribution < -0.4 is 15.4 Å². The van der Waals surface area contributed by atoms with Crippen LogP contribution in [0.2, 0.25) is 0 Å². The van der Waals surface area contributed by atoms with Crippen molar-refractivity contribution >= 4 is 0 Å². The van der Waals surface area contributed by atoms with Gasteiger partial charge in [0.2, 0.25) is 0 Å². The van der Waals surface area contributed by atoms with Gasteiger partial charge in [0.15, 0.2) is 12.5 Å². The van der Waals surface area contributed by atoms with Crippen molar-refractivity contribution in [3.63, 3.8) is 0 Å². The number of hydrogen-bond donors (Lipinski definition) is 2. The Hall–Kier alpha value is -2.91. The van der Waals surface area contributed by atoms with E-state index in [4.69, 9.17) is 19.6 Å². The molecule has 1 atom stereocenters. The van der Waals surface area contributed by atoms with Crippen LogP contribution in [0.4, 0.5) is 0 Å². The molecule has 2 N–H and O–H groups in total. The van der Waals surface area contributed by atoms with Crippen LogP contribution in [-0.2, 0) is 16.1 Å². The van der Waals surface area contributed by atoms with Crippen LogP contribution in [0.1, 0.15) is 22.7 Å². The van der Waals surface area contributed by atoms with Gasteiger partial charge in [0.05, 0.1) is 38.9 Å². The molecule has 2 aliphatic heterocycles. The fraction of sp³-hybridized carbons (Fsp3) is 0.444. The average Bonchev–Trinajstić information content (AvgIpc) is 2.91. The Morgan fingerprint density at radius 1 is 0.886 bits per heavy atom. The molecule has 8 nitrogen and oxygen atoms in total. The molecular formula is C27H35N5O3+2. The van der Waals surface area contributed by atoms with Crippen molar-refractivity contribution < 1.29 is 19.3 Å². The third kappa shape index (κ3) is 5.85. The summed E-state index contributed by atoms with van der Waals surface area (Å²) in [5.41, 5.74) is 3.72. The number of nitrogens with one attached hydrogen (secondary N) is 2. The molecule has 3 heterocycles. The molecule has 8 heteroatoms. The summed E-state index contributed by atoms with van der Waals surface area (Å²) in [7, 11) is 0. The van der Waals surface area contributed by atoms with Crippen LogP contribution in [-0.4, -0.2) is 73.9 Å². The Balaban J connectivity index is 1.59. The van der Waals surface area contributed by atoms with Crippen LogP contribution in [0.15, 0.2) is 59.4 Å². The molecule has 35 heavy (non-hydrogen) atoms. The minimum Gasteiger partial charge on any atom is -0.370 e. The highest BCUT2D eigenvalue weighted by Crippen LogP contribution is 2.22. The molecule has 184 valence electrons. The molecule has 2 aromatic carbocycles. The van der Waals surface area contributed by atoms with Crippen LogP contribution in [0.5, 0.6) is 0 Å². The Labute approximate surface area is 206 Å². The zero-order chi connectivity index (χ0) is 24.0. The van der Waals surface area contributed by atoms with Crippen LogP contribution in [0.25, 0.3) is 11.4 Å². The predicted octanol–water partition coefficient (Wildman–Crippen LogP) is -0.467. The van der Waals surface area contributed by atoms with Crippen molar-refractivity contribution in [1.82, 2.24) is 14.8 Å². The first-order valence-corrected chi connectivity index (χ1v) is 12.6. The topological polar surface area (TPSA) is 75.1 Å². The summed E-state index contributed by atoms with van der Waals surface area (Å²) in [5, 5.41) is 4.74. The highest BCUT2D eigenvalue weighted by atomic mass is 16.5. The fourth-order valence-corrected chi connectivity index (χ4v) is 4.87. The van der Waals surface area contributed by atoms with E-state index >= 15 is 0 Å². The van der Waals surface area contributed by atoms with Gasteiger partial charge in [0.25, 0.3) is 5.56 Å². The predicted molar refractivity (Wildman–Crippen MR) is 133 cm³/mol. The number of rotatable bonds is 7. The first-order valence-electron chi connectivity index (χ1n) is 12.6. The van der Waals surface area contributed by atoms with E-state index in [1.807, 2.05) is 30.3 Å². The standard InChI is InChI=1S/C27H33N5O3/c1-21-7-9-22(10-8-21)24(19-30-11-15-34-16-12-30)25-27(33)32(20-31-13-17-35-18-14-31)29-26(28-25)23-5-3-2-4-6-23/h2-10,24H,11-20H2,1H3/p+2/t24-/m0/s1. The molecule has 2 aliphatic rings. The fourth-order valence-electron chi connectivity index (χ4n) is 4.87. The number of nitrogens with zero attached hydrogens (tertiary/aromatic N) is 3. The van der Waals surface area contributed by atoms with Crippen molar-refractivity contribution in [3.8, 4) is 11.4 Å². The number of aromatic nitrogens is 3. The summed E-state index contributed by atoms with van der Waals surface area (Å²) in [4.78, 5) is 21.6. The molecule has 3 aromatic rings. The van der Waals surface area contributed by atoms with Gasteiger partial charge in [-0.3, -0.25) is 4.79 Å². The lowest BCUT2D eigenvalue weighted by atomic mass is 9.94. The number of hydrogen-bond acceptors (Lipinski definition) is 5. The van der Waals surface area contributed by atoms with E-state index in [1.165, 1.54) is 15.4 Å². The van der Waals surface area contributed by atoms with Crippen LogP contribution in [0.3, 0.4) is 0 Å². The monoisotopic (exact) mass is 477 g/mol. The lowest BCUT2D eigenvalue weighted by Gasteiger charge is -2.28. The van der Waals surface area contributed by atoms with Gasteiger partial charge in [0, 0.05) is 5.56 Å². The number of morpholine rings is 2. The van der Waals surface area contributed by atoms with Gasteiger partial charge in [-0.15, -0.1) is 5.10 Å². The van der Waals surface area contributed by atoms with E-state index in [0.717, 1.165) is 57.1 Å². The molecule has 0 bridgehead atoms. The summed E-state index contributed by atoms with van der Waals surface area (Å²) in [6.45, 7) is 9.93. The van der Waals surface area contributed by atoms with E-state index in [2.05, 4.69) is 31.2 Å². The summed E-state index contributed by atoms with van der Waals surface area (Å²) in [5.74, 6) is 0.481. The van der Waals surface area contributed by atoms with Gasteiger partial charge in [-0.05, 0) is 12.5 Å². The summed E-state index contributed by atoms with van der Waals surface area (Å²) in [6.07, 6.45) is 0. The van der Waals surface area contributed by atoms with Crippen LogP contribution >= 0.6 is 0 Å². The minimum absolute atomic E-state index is 0.0955. The van der Waals surface area contributed by atoms with E-state index in [1.54, 1.807) is 4.68 Å². The van der Waals surface area contributed by atoms with E-state index in [-0.39, 0.29) is 11.5 Å². The Bertz CT molecular complexity index is 1150. The van der Waals surface area contributed by atoms with Crippen LogP contribution in [0, 0.1) is 6.92 Å². The third-order valence-electron chi connectivity index (χ3n) is 7.00. The Morgan fingerprint density at radius 3 is 2.17 bits per heavy atom. The number of ether oxygens (including phenoxy) is 2. The van der Waals surface area contributed by atoms with Gasteiger partial charge in [-0.2, -0.15) is 4.68 Å². The number of aryl methyl sites for hydroxylation is 1. The molecule has 0 amide bonds. The Kier molecular flexibility index (Phi) is 7.63. The van der Waals surface area contributed by atoms with Gasteiger partial charge < -0.3 is 19.3 Å². The summed E-state index contributed by atoms with van der Waals surface area (Å²) < 4.78 is 12.7. The lowest BCUT2D eigenvalue weighted by molar-refractivity contribution is -0.931. The molecule has 5 rings (SSSR count). The third-order valence-corrected chi connectivity index (χ3v) is 7.00. The highest BCUT2D eigenvalue weighted by Gasteiger charge is 2.29. The Morgan fingerprint density at radius 2 is 1.51 bits per heavy atom. The molecule has 0 unspecified atom stereocenters. The molecule has 0 radical (unpaired) electrons. The summed E-state index contributed by atoms with van der Waals surface area (Å²) in [6, 6.07) is 18.5. The zero-order valence-corrected chi connectivity index (χ0v) is 20.4. The van der Waals surface area contributed by atoms with Crippen molar-refractivity contribution in [3.05, 3.63) is 81.8 Å². The second kappa shape index (κ2) is 11.2. The normalized spacial score (nSPS) is 18.4. The van der Waals surface area contributed by atoms with E-state index in [0.29, 0.717) is 31.4 Å². The largest absolute Gasteiger partial charge is 0.370 e.